The molecule has 0 fully saturated rings. The third-order valence-corrected chi connectivity index (χ3v) is 4.77. The molecule has 0 atom stereocenters. The van der Waals surface area contributed by atoms with Crippen molar-refractivity contribution in [1.29, 1.82) is 5.41 Å². The van der Waals surface area contributed by atoms with Crippen molar-refractivity contribution in [3.63, 3.8) is 0 Å². The Morgan fingerprint density at radius 3 is 2.38 bits per heavy atom. The lowest BCUT2D eigenvalue weighted by Gasteiger charge is -2.06. The van der Waals surface area contributed by atoms with Crippen molar-refractivity contribution in [1.82, 2.24) is 4.98 Å². The van der Waals surface area contributed by atoms with E-state index in [4.69, 9.17) is 11.1 Å². The van der Waals surface area contributed by atoms with Gasteiger partial charge in [0.2, 0.25) is 0 Å². The molecule has 2 rings (SSSR count). The summed E-state index contributed by atoms with van der Waals surface area (Å²) in [7, 11) is -3.19. The van der Waals surface area contributed by atoms with Gasteiger partial charge in [-0.05, 0) is 43.3 Å². The molecule has 0 saturated carbocycles. The molecule has 0 aliphatic carbocycles. The van der Waals surface area contributed by atoms with Crippen LogP contribution in [-0.2, 0) is 9.84 Å². The van der Waals surface area contributed by atoms with Gasteiger partial charge in [0.25, 0.3) is 0 Å². The number of nitrogens with two attached hydrogens (primary N) is 1. The second-order valence-electron chi connectivity index (χ2n) is 4.59. The molecule has 1 aromatic heterocycles. The second-order valence-corrected chi connectivity index (χ2v) is 7.70. The number of benzene rings is 1. The van der Waals surface area contributed by atoms with Crippen molar-refractivity contribution in [2.24, 2.45) is 5.73 Å². The molecule has 0 unspecified atom stereocenters. The summed E-state index contributed by atoms with van der Waals surface area (Å²) >= 11 is 1.39. The number of hydrogen-bond acceptors (Lipinski definition) is 5. The first-order chi connectivity index (χ1) is 9.75. The SMILES string of the molecule is Cc1cc(C(=N)N)cc(Sc2ccc(S(C)(=O)=O)cc2)n1. The minimum absolute atomic E-state index is 0.00484. The van der Waals surface area contributed by atoms with E-state index in [2.05, 4.69) is 4.98 Å². The van der Waals surface area contributed by atoms with E-state index < -0.39 is 9.84 Å². The predicted molar refractivity (Wildman–Crippen MR) is 83.7 cm³/mol. The molecule has 0 aliphatic rings. The van der Waals surface area contributed by atoms with Gasteiger partial charge in [0.15, 0.2) is 9.84 Å². The van der Waals surface area contributed by atoms with Crippen molar-refractivity contribution in [3.05, 3.63) is 47.7 Å². The fraction of sp³-hybridized carbons (Fsp3) is 0.143. The summed E-state index contributed by atoms with van der Waals surface area (Å²) in [5.41, 5.74) is 6.89. The maximum atomic E-state index is 11.4. The van der Waals surface area contributed by atoms with Crippen LogP contribution in [-0.4, -0.2) is 25.5 Å². The monoisotopic (exact) mass is 321 g/mol. The quantitative estimate of drug-likeness (QED) is 0.665. The first-order valence-electron chi connectivity index (χ1n) is 6.07. The molecular formula is C14H15N3O2S2. The molecule has 0 aliphatic heterocycles. The van der Waals surface area contributed by atoms with Gasteiger partial charge in [-0.3, -0.25) is 5.41 Å². The van der Waals surface area contributed by atoms with E-state index in [1.54, 1.807) is 36.4 Å². The van der Waals surface area contributed by atoms with Gasteiger partial charge >= 0.3 is 0 Å². The van der Waals surface area contributed by atoms with Crippen molar-refractivity contribution < 1.29 is 8.42 Å². The number of amidine groups is 1. The number of nitrogens with zero attached hydrogens (tertiary/aromatic N) is 1. The first-order valence-corrected chi connectivity index (χ1v) is 8.77. The number of nitrogen functional groups attached to an aromatic ring is 1. The summed E-state index contributed by atoms with van der Waals surface area (Å²) < 4.78 is 22.8. The fourth-order valence-corrected chi connectivity index (χ4v) is 3.24. The highest BCUT2D eigenvalue weighted by atomic mass is 32.2. The van der Waals surface area contributed by atoms with E-state index in [0.717, 1.165) is 10.6 Å². The molecule has 2 aromatic rings. The Bertz CT molecular complexity index is 784. The number of rotatable bonds is 4. The zero-order chi connectivity index (χ0) is 15.6. The zero-order valence-electron chi connectivity index (χ0n) is 11.6. The first kappa shape index (κ1) is 15.5. The van der Waals surface area contributed by atoms with Gasteiger partial charge in [0.05, 0.1) is 4.90 Å². The van der Waals surface area contributed by atoms with Crippen molar-refractivity contribution in [3.8, 4) is 0 Å². The fourth-order valence-electron chi connectivity index (χ4n) is 1.72. The minimum atomic E-state index is -3.19. The highest BCUT2D eigenvalue weighted by Gasteiger charge is 2.08. The Kier molecular flexibility index (Phi) is 4.34. The highest BCUT2D eigenvalue weighted by Crippen LogP contribution is 2.28. The van der Waals surface area contributed by atoms with Crippen LogP contribution in [0.5, 0.6) is 0 Å². The molecule has 0 saturated heterocycles. The molecule has 1 aromatic carbocycles. The number of hydrogen-bond donors (Lipinski definition) is 2. The predicted octanol–water partition coefficient (Wildman–Crippen LogP) is 2.23. The van der Waals surface area contributed by atoms with E-state index in [0.29, 0.717) is 10.6 Å². The minimum Gasteiger partial charge on any atom is -0.384 e. The summed E-state index contributed by atoms with van der Waals surface area (Å²) in [5.74, 6) is -0.00484. The molecule has 5 nitrogen and oxygen atoms in total. The average Bonchev–Trinajstić information content (AvgIpc) is 2.37. The lowest BCUT2D eigenvalue weighted by atomic mass is 10.2. The largest absolute Gasteiger partial charge is 0.384 e. The van der Waals surface area contributed by atoms with Crippen LogP contribution in [0.1, 0.15) is 11.3 Å². The smallest absolute Gasteiger partial charge is 0.175 e. The van der Waals surface area contributed by atoms with Gasteiger partial charge in [-0.15, -0.1) is 0 Å². The molecule has 0 radical (unpaired) electrons. The van der Waals surface area contributed by atoms with Crippen LogP contribution in [0.15, 0.2) is 51.2 Å². The van der Waals surface area contributed by atoms with Crippen LogP contribution >= 0.6 is 11.8 Å². The van der Waals surface area contributed by atoms with Crippen molar-refractivity contribution >= 4 is 27.4 Å². The molecule has 0 amide bonds. The molecule has 21 heavy (non-hydrogen) atoms. The summed E-state index contributed by atoms with van der Waals surface area (Å²) in [5, 5.41) is 8.19. The third kappa shape index (κ3) is 4.05. The van der Waals surface area contributed by atoms with Gasteiger partial charge < -0.3 is 5.73 Å². The maximum Gasteiger partial charge on any atom is 0.175 e. The Balaban J connectivity index is 2.28. The van der Waals surface area contributed by atoms with Crippen LogP contribution in [0, 0.1) is 12.3 Å². The number of aromatic nitrogens is 1. The summed E-state index contributed by atoms with van der Waals surface area (Å²) in [6.45, 7) is 1.84. The summed E-state index contributed by atoms with van der Waals surface area (Å²) in [6.07, 6.45) is 1.18. The normalized spacial score (nSPS) is 11.3. The van der Waals surface area contributed by atoms with Gasteiger partial charge in [0.1, 0.15) is 10.9 Å². The van der Waals surface area contributed by atoms with Crippen LogP contribution in [0.4, 0.5) is 0 Å². The molecule has 110 valence electrons. The topological polar surface area (TPSA) is 96.9 Å². The van der Waals surface area contributed by atoms with Crippen LogP contribution in [0.2, 0.25) is 0 Å². The van der Waals surface area contributed by atoms with Gasteiger partial charge in [-0.2, -0.15) is 0 Å². The summed E-state index contributed by atoms with van der Waals surface area (Å²) in [4.78, 5) is 5.53. The van der Waals surface area contributed by atoms with E-state index in [1.165, 1.54) is 18.0 Å². The number of nitrogens with one attached hydrogen (secondary N) is 1. The Morgan fingerprint density at radius 2 is 1.86 bits per heavy atom. The third-order valence-electron chi connectivity index (χ3n) is 2.72. The van der Waals surface area contributed by atoms with E-state index in [1.807, 2.05) is 6.92 Å². The van der Waals surface area contributed by atoms with Crippen LogP contribution in [0.25, 0.3) is 0 Å². The maximum absolute atomic E-state index is 11.4. The van der Waals surface area contributed by atoms with Gasteiger partial charge in [-0.1, -0.05) is 11.8 Å². The highest BCUT2D eigenvalue weighted by molar-refractivity contribution is 7.99. The van der Waals surface area contributed by atoms with Gasteiger partial charge in [-0.25, -0.2) is 13.4 Å². The summed E-state index contributed by atoms with van der Waals surface area (Å²) in [6, 6.07) is 10.1. The molecular weight excluding hydrogens is 306 g/mol. The molecule has 1 heterocycles. The van der Waals surface area contributed by atoms with Crippen molar-refractivity contribution in [2.45, 2.75) is 21.7 Å². The second kappa shape index (κ2) is 5.87. The lowest BCUT2D eigenvalue weighted by Crippen LogP contribution is -2.11. The van der Waals surface area contributed by atoms with Gasteiger partial charge in [0, 0.05) is 22.4 Å². The van der Waals surface area contributed by atoms with Crippen LogP contribution < -0.4 is 5.73 Å². The molecule has 0 bridgehead atoms. The van der Waals surface area contributed by atoms with E-state index in [9.17, 15) is 8.42 Å². The lowest BCUT2D eigenvalue weighted by molar-refractivity contribution is 0.602. The average molecular weight is 321 g/mol. The van der Waals surface area contributed by atoms with Crippen molar-refractivity contribution in [2.75, 3.05) is 6.26 Å². The Labute approximate surface area is 128 Å². The van der Waals surface area contributed by atoms with E-state index >= 15 is 0 Å². The molecule has 3 N–H and O–H groups in total. The number of sulfone groups is 1. The molecule has 7 heteroatoms. The number of pyridine rings is 1. The molecule has 0 spiro atoms. The standard InChI is InChI=1S/C14H15N3O2S2/c1-9-7-10(14(15)16)8-13(17-9)20-11-3-5-12(6-4-11)21(2,18)19/h3-8H,1-2H3,(H3,15,16). The van der Waals surface area contributed by atoms with E-state index in [-0.39, 0.29) is 10.7 Å². The number of aryl methyl sites for hydroxylation is 1. The van der Waals surface area contributed by atoms with Crippen LogP contribution in [0.3, 0.4) is 0 Å². The Hall–Kier alpha value is -1.86. The Morgan fingerprint density at radius 1 is 1.24 bits per heavy atom. The zero-order valence-corrected chi connectivity index (χ0v) is 13.3.